The van der Waals surface area contributed by atoms with E-state index in [2.05, 4.69) is 10.2 Å². The van der Waals surface area contributed by atoms with Crippen LogP contribution < -0.4 is 9.47 Å². The lowest BCUT2D eigenvalue weighted by Gasteiger charge is -2.34. The summed E-state index contributed by atoms with van der Waals surface area (Å²) in [5.74, 6) is 2.89. The largest absolute Gasteiger partial charge is 0.485 e. The zero-order valence-corrected chi connectivity index (χ0v) is 15.1. The van der Waals surface area contributed by atoms with Crippen LogP contribution in [0.15, 0.2) is 51.5 Å². The lowest BCUT2D eigenvalue weighted by molar-refractivity contribution is -0.142. The van der Waals surface area contributed by atoms with Crippen molar-refractivity contribution in [2.45, 2.75) is 24.9 Å². The second-order valence-electron chi connectivity index (χ2n) is 6.89. The van der Waals surface area contributed by atoms with Crippen LogP contribution in [0.5, 0.6) is 11.5 Å². The predicted octanol–water partition coefficient (Wildman–Crippen LogP) is 2.88. The first-order valence-corrected chi connectivity index (χ1v) is 9.32. The van der Waals surface area contributed by atoms with Gasteiger partial charge >= 0.3 is 0 Å². The van der Waals surface area contributed by atoms with Crippen molar-refractivity contribution in [1.82, 2.24) is 15.1 Å². The number of aromatic nitrogens is 2. The number of nitrogens with zero attached hydrogens (tertiary/aromatic N) is 3. The molecule has 3 aromatic rings. The number of piperidine rings is 1. The van der Waals surface area contributed by atoms with E-state index in [1.165, 1.54) is 0 Å². The third kappa shape index (κ3) is 3.11. The number of carbonyl (C=O) groups is 1. The van der Waals surface area contributed by atoms with Crippen molar-refractivity contribution < 1.29 is 23.1 Å². The number of para-hydroxylation sites is 2. The summed E-state index contributed by atoms with van der Waals surface area (Å²) >= 11 is 0. The van der Waals surface area contributed by atoms with Gasteiger partial charge in [-0.05, 0) is 37.1 Å². The van der Waals surface area contributed by atoms with Crippen molar-refractivity contribution >= 4 is 5.91 Å². The second-order valence-corrected chi connectivity index (χ2v) is 6.89. The Hall–Kier alpha value is -3.29. The Bertz CT molecular complexity index is 960. The number of likely N-dealkylation sites (tertiary alicyclic amines) is 1. The second kappa shape index (κ2) is 7.03. The molecule has 28 heavy (non-hydrogen) atoms. The summed E-state index contributed by atoms with van der Waals surface area (Å²) in [7, 11) is 0. The van der Waals surface area contributed by atoms with Gasteiger partial charge in [-0.2, -0.15) is 0 Å². The van der Waals surface area contributed by atoms with Crippen molar-refractivity contribution in [2.24, 2.45) is 0 Å². The normalized spacial score (nSPS) is 19.6. The predicted molar refractivity (Wildman–Crippen MR) is 96.9 cm³/mol. The van der Waals surface area contributed by atoms with E-state index in [0.717, 1.165) is 12.8 Å². The van der Waals surface area contributed by atoms with Gasteiger partial charge in [-0.15, -0.1) is 10.2 Å². The Morgan fingerprint density at radius 2 is 1.86 bits per heavy atom. The maximum absolute atomic E-state index is 12.8. The molecule has 0 N–H and O–H groups in total. The van der Waals surface area contributed by atoms with Gasteiger partial charge in [0.15, 0.2) is 17.3 Å². The molecule has 4 heterocycles. The average molecular weight is 381 g/mol. The first-order chi connectivity index (χ1) is 13.8. The highest BCUT2D eigenvalue weighted by Gasteiger charge is 2.34. The van der Waals surface area contributed by atoms with Crippen LogP contribution >= 0.6 is 0 Å². The van der Waals surface area contributed by atoms with Gasteiger partial charge in [0.1, 0.15) is 6.61 Å². The van der Waals surface area contributed by atoms with E-state index in [0.29, 0.717) is 42.1 Å². The van der Waals surface area contributed by atoms with E-state index >= 15 is 0 Å². The number of carbonyl (C=O) groups excluding carboxylic acids is 1. The zero-order chi connectivity index (χ0) is 18.9. The summed E-state index contributed by atoms with van der Waals surface area (Å²) in [4.78, 5) is 14.6. The molecule has 144 valence electrons. The number of hydrogen-bond acceptors (Lipinski definition) is 7. The van der Waals surface area contributed by atoms with Crippen LogP contribution in [-0.2, 0) is 4.79 Å². The minimum Gasteiger partial charge on any atom is -0.485 e. The summed E-state index contributed by atoms with van der Waals surface area (Å²) in [6.45, 7) is 1.46. The standard InChI is InChI=1S/C20H19N3O5/c24-20(17-12-26-14-4-1-2-5-15(14)27-17)23-9-7-13(8-10-23)18-21-22-19(28-18)16-6-3-11-25-16/h1-6,11,13,17H,7-10,12H2. The van der Waals surface area contributed by atoms with Gasteiger partial charge < -0.3 is 23.2 Å². The van der Waals surface area contributed by atoms with Gasteiger partial charge in [-0.1, -0.05) is 12.1 Å². The fraction of sp³-hybridized carbons (Fsp3) is 0.350. The molecular formula is C20H19N3O5. The molecule has 0 radical (unpaired) electrons. The maximum atomic E-state index is 12.8. The highest BCUT2D eigenvalue weighted by molar-refractivity contribution is 5.82. The summed E-state index contributed by atoms with van der Waals surface area (Å²) in [6, 6.07) is 10.9. The van der Waals surface area contributed by atoms with Gasteiger partial charge in [-0.3, -0.25) is 4.79 Å². The van der Waals surface area contributed by atoms with Crippen molar-refractivity contribution in [3.63, 3.8) is 0 Å². The Balaban J connectivity index is 1.20. The molecule has 1 unspecified atom stereocenters. The van der Waals surface area contributed by atoms with E-state index in [1.807, 2.05) is 29.2 Å². The molecule has 1 aromatic carbocycles. The monoisotopic (exact) mass is 381 g/mol. The van der Waals surface area contributed by atoms with Crippen molar-refractivity contribution in [2.75, 3.05) is 19.7 Å². The third-order valence-electron chi connectivity index (χ3n) is 5.11. The van der Waals surface area contributed by atoms with Crippen LogP contribution in [0.1, 0.15) is 24.7 Å². The maximum Gasteiger partial charge on any atom is 0.283 e. The number of benzene rings is 1. The first kappa shape index (κ1) is 16.9. The molecule has 1 atom stereocenters. The summed E-state index contributed by atoms with van der Waals surface area (Å²) in [6.07, 6.45) is 2.48. The minimum atomic E-state index is -0.611. The molecule has 1 fully saturated rings. The Morgan fingerprint density at radius 1 is 1.04 bits per heavy atom. The third-order valence-corrected chi connectivity index (χ3v) is 5.11. The lowest BCUT2D eigenvalue weighted by Crippen LogP contribution is -2.48. The smallest absolute Gasteiger partial charge is 0.283 e. The van der Waals surface area contributed by atoms with Crippen LogP contribution in [-0.4, -0.2) is 46.8 Å². The van der Waals surface area contributed by atoms with Gasteiger partial charge in [0.25, 0.3) is 11.8 Å². The Morgan fingerprint density at radius 3 is 2.64 bits per heavy atom. The van der Waals surface area contributed by atoms with Crippen molar-refractivity contribution in [3.8, 4) is 23.1 Å². The van der Waals surface area contributed by atoms with E-state index < -0.39 is 6.10 Å². The van der Waals surface area contributed by atoms with Gasteiger partial charge in [0.2, 0.25) is 12.0 Å². The quantitative estimate of drug-likeness (QED) is 0.689. The van der Waals surface area contributed by atoms with Crippen LogP contribution in [0.25, 0.3) is 11.7 Å². The average Bonchev–Trinajstić information content (AvgIpc) is 3.45. The van der Waals surface area contributed by atoms with Gasteiger partial charge in [-0.25, -0.2) is 0 Å². The molecule has 0 spiro atoms. The summed E-state index contributed by atoms with van der Waals surface area (Å²) < 4.78 is 22.5. The van der Waals surface area contributed by atoms with Gasteiger partial charge in [0.05, 0.1) is 6.26 Å². The van der Waals surface area contributed by atoms with E-state index in [4.69, 9.17) is 18.3 Å². The molecule has 0 bridgehead atoms. The summed E-state index contributed by atoms with van der Waals surface area (Å²) in [5.41, 5.74) is 0. The molecule has 5 rings (SSSR count). The number of rotatable bonds is 3. The topological polar surface area (TPSA) is 90.8 Å². The van der Waals surface area contributed by atoms with Crippen LogP contribution in [0.4, 0.5) is 0 Å². The molecule has 8 heteroatoms. The number of fused-ring (bicyclic) bond motifs is 1. The van der Waals surface area contributed by atoms with Gasteiger partial charge in [0, 0.05) is 19.0 Å². The highest BCUT2D eigenvalue weighted by atomic mass is 16.6. The Labute approximate surface area is 161 Å². The molecule has 2 aromatic heterocycles. The molecule has 1 saturated heterocycles. The number of hydrogen-bond donors (Lipinski definition) is 0. The fourth-order valence-corrected chi connectivity index (χ4v) is 3.59. The number of furan rings is 1. The summed E-state index contributed by atoms with van der Waals surface area (Å²) in [5, 5.41) is 8.21. The fourth-order valence-electron chi connectivity index (χ4n) is 3.59. The van der Waals surface area contributed by atoms with Crippen molar-refractivity contribution in [1.29, 1.82) is 0 Å². The van der Waals surface area contributed by atoms with Crippen LogP contribution in [0.2, 0.25) is 0 Å². The van der Waals surface area contributed by atoms with E-state index in [-0.39, 0.29) is 18.4 Å². The Kier molecular flexibility index (Phi) is 4.23. The molecule has 1 amide bonds. The molecule has 2 aliphatic rings. The number of ether oxygens (including phenoxy) is 2. The molecule has 0 aliphatic carbocycles. The highest BCUT2D eigenvalue weighted by Crippen LogP contribution is 2.33. The molecule has 2 aliphatic heterocycles. The minimum absolute atomic E-state index is 0.0465. The molecule has 8 nitrogen and oxygen atoms in total. The van der Waals surface area contributed by atoms with Crippen LogP contribution in [0.3, 0.4) is 0 Å². The zero-order valence-electron chi connectivity index (χ0n) is 15.1. The lowest BCUT2D eigenvalue weighted by atomic mass is 9.96. The van der Waals surface area contributed by atoms with Crippen LogP contribution in [0, 0.1) is 0 Å². The SMILES string of the molecule is O=C(C1COc2ccccc2O1)N1CCC(c2nnc(-c3ccco3)o2)CC1. The van der Waals surface area contributed by atoms with E-state index in [9.17, 15) is 4.79 Å². The van der Waals surface area contributed by atoms with E-state index in [1.54, 1.807) is 18.4 Å². The first-order valence-electron chi connectivity index (χ1n) is 9.32. The molecular weight excluding hydrogens is 362 g/mol. The van der Waals surface area contributed by atoms with Crippen molar-refractivity contribution in [3.05, 3.63) is 48.6 Å². The number of amides is 1. The molecule has 0 saturated carbocycles.